The van der Waals surface area contributed by atoms with Crippen molar-refractivity contribution >= 4 is 5.69 Å². The van der Waals surface area contributed by atoms with Gasteiger partial charge in [-0.1, -0.05) is 0 Å². The molecule has 2 nitrogen and oxygen atoms in total. The van der Waals surface area contributed by atoms with Crippen molar-refractivity contribution in [3.05, 3.63) is 30.1 Å². The van der Waals surface area contributed by atoms with Gasteiger partial charge in [-0.05, 0) is 38.1 Å². The van der Waals surface area contributed by atoms with Gasteiger partial charge in [0.05, 0.1) is 0 Å². The highest BCUT2D eigenvalue weighted by Gasteiger charge is 2.18. The number of rotatable bonds is 2. The van der Waals surface area contributed by atoms with Crippen LogP contribution in [-0.4, -0.2) is 37.1 Å². The van der Waals surface area contributed by atoms with Crippen LogP contribution in [0.15, 0.2) is 24.3 Å². The molecule has 0 aromatic heterocycles. The van der Waals surface area contributed by atoms with Gasteiger partial charge in [0.2, 0.25) is 0 Å². The fraction of sp³-hybridized carbons (Fsp3) is 0.538. The molecule has 0 radical (unpaired) electrons. The lowest BCUT2D eigenvalue weighted by molar-refractivity contribution is 0.209. The highest BCUT2D eigenvalue weighted by Crippen LogP contribution is 2.17. The van der Waals surface area contributed by atoms with Crippen molar-refractivity contribution in [1.82, 2.24) is 4.90 Å². The zero-order chi connectivity index (χ0) is 11.5. The molecular formula is C13H19FN2. The molecule has 88 valence electrons. The third-order valence-corrected chi connectivity index (χ3v) is 3.24. The summed E-state index contributed by atoms with van der Waals surface area (Å²) in [5.74, 6) is -0.162. The van der Waals surface area contributed by atoms with Crippen LogP contribution in [0.4, 0.5) is 10.1 Å². The first-order chi connectivity index (χ1) is 7.66. The van der Waals surface area contributed by atoms with E-state index in [-0.39, 0.29) is 5.82 Å². The van der Waals surface area contributed by atoms with Crippen LogP contribution in [-0.2, 0) is 0 Å². The van der Waals surface area contributed by atoms with Gasteiger partial charge in [-0.3, -0.25) is 4.90 Å². The van der Waals surface area contributed by atoms with E-state index in [0.717, 1.165) is 31.9 Å². The molecule has 0 spiro atoms. The number of piperazine rings is 1. The van der Waals surface area contributed by atoms with Gasteiger partial charge in [0, 0.05) is 37.9 Å². The van der Waals surface area contributed by atoms with Crippen molar-refractivity contribution in [2.45, 2.75) is 19.9 Å². The summed E-state index contributed by atoms with van der Waals surface area (Å²) in [6.07, 6.45) is 0. The van der Waals surface area contributed by atoms with Crippen LogP contribution in [0.3, 0.4) is 0 Å². The standard InChI is InChI=1S/C13H19FN2/c1-11(2)15-7-9-16(10-8-15)13-5-3-12(14)4-6-13/h3-6,11H,7-10H2,1-2H3. The summed E-state index contributed by atoms with van der Waals surface area (Å²) >= 11 is 0. The lowest BCUT2D eigenvalue weighted by Gasteiger charge is -2.38. The van der Waals surface area contributed by atoms with Crippen molar-refractivity contribution in [1.29, 1.82) is 0 Å². The third-order valence-electron chi connectivity index (χ3n) is 3.24. The summed E-state index contributed by atoms with van der Waals surface area (Å²) < 4.78 is 12.8. The Morgan fingerprint density at radius 1 is 1.00 bits per heavy atom. The first kappa shape index (κ1) is 11.4. The molecule has 0 aliphatic carbocycles. The molecule has 1 fully saturated rings. The Bertz CT molecular complexity index is 326. The molecule has 1 aliphatic heterocycles. The number of halogens is 1. The van der Waals surface area contributed by atoms with Gasteiger partial charge < -0.3 is 4.90 Å². The van der Waals surface area contributed by atoms with E-state index in [1.807, 2.05) is 12.1 Å². The molecule has 0 N–H and O–H groups in total. The molecule has 0 unspecified atom stereocenters. The molecule has 0 saturated carbocycles. The molecule has 0 atom stereocenters. The van der Waals surface area contributed by atoms with Crippen LogP contribution in [0.5, 0.6) is 0 Å². The quantitative estimate of drug-likeness (QED) is 0.758. The Kier molecular flexibility index (Phi) is 3.44. The van der Waals surface area contributed by atoms with E-state index in [2.05, 4.69) is 23.6 Å². The highest BCUT2D eigenvalue weighted by atomic mass is 19.1. The molecule has 16 heavy (non-hydrogen) atoms. The smallest absolute Gasteiger partial charge is 0.123 e. The van der Waals surface area contributed by atoms with Gasteiger partial charge in [0.25, 0.3) is 0 Å². The Hall–Kier alpha value is -1.09. The van der Waals surface area contributed by atoms with Crippen LogP contribution in [0, 0.1) is 5.82 Å². The summed E-state index contributed by atoms with van der Waals surface area (Å²) in [6, 6.07) is 7.41. The first-order valence-corrected chi connectivity index (χ1v) is 5.91. The second-order valence-electron chi connectivity index (χ2n) is 4.59. The zero-order valence-electron chi connectivity index (χ0n) is 9.99. The van der Waals surface area contributed by atoms with E-state index >= 15 is 0 Å². The highest BCUT2D eigenvalue weighted by molar-refractivity contribution is 5.46. The molecular weight excluding hydrogens is 203 g/mol. The van der Waals surface area contributed by atoms with Crippen LogP contribution >= 0.6 is 0 Å². The van der Waals surface area contributed by atoms with E-state index in [9.17, 15) is 4.39 Å². The topological polar surface area (TPSA) is 6.48 Å². The fourth-order valence-corrected chi connectivity index (χ4v) is 2.15. The predicted molar refractivity (Wildman–Crippen MR) is 65.3 cm³/mol. The lowest BCUT2D eigenvalue weighted by atomic mass is 10.2. The van der Waals surface area contributed by atoms with Crippen LogP contribution in [0.1, 0.15) is 13.8 Å². The molecule has 0 amide bonds. The second kappa shape index (κ2) is 4.83. The maximum absolute atomic E-state index is 12.8. The van der Waals surface area contributed by atoms with Gasteiger partial charge in [0.1, 0.15) is 5.82 Å². The SMILES string of the molecule is CC(C)N1CCN(c2ccc(F)cc2)CC1. The van der Waals surface area contributed by atoms with Crippen molar-refractivity contribution < 1.29 is 4.39 Å². The molecule has 2 rings (SSSR count). The summed E-state index contributed by atoms with van der Waals surface area (Å²) in [5.41, 5.74) is 1.13. The van der Waals surface area contributed by atoms with Crippen molar-refractivity contribution in [3.63, 3.8) is 0 Å². The van der Waals surface area contributed by atoms with Crippen molar-refractivity contribution in [2.75, 3.05) is 31.1 Å². The van der Waals surface area contributed by atoms with E-state index in [4.69, 9.17) is 0 Å². The Morgan fingerprint density at radius 3 is 2.06 bits per heavy atom. The van der Waals surface area contributed by atoms with Crippen molar-refractivity contribution in [2.24, 2.45) is 0 Å². The minimum atomic E-state index is -0.162. The summed E-state index contributed by atoms with van der Waals surface area (Å²) in [6.45, 7) is 8.71. The number of nitrogens with zero attached hydrogens (tertiary/aromatic N) is 2. The minimum absolute atomic E-state index is 0.162. The Balaban J connectivity index is 1.96. The van der Waals surface area contributed by atoms with Gasteiger partial charge in [-0.2, -0.15) is 0 Å². The van der Waals surface area contributed by atoms with Gasteiger partial charge in [0.15, 0.2) is 0 Å². The Labute approximate surface area is 96.7 Å². The Morgan fingerprint density at radius 2 is 1.56 bits per heavy atom. The monoisotopic (exact) mass is 222 g/mol. The number of anilines is 1. The second-order valence-corrected chi connectivity index (χ2v) is 4.59. The molecule has 1 aromatic rings. The van der Waals surface area contributed by atoms with Crippen LogP contribution in [0.25, 0.3) is 0 Å². The molecule has 1 heterocycles. The first-order valence-electron chi connectivity index (χ1n) is 5.91. The average Bonchev–Trinajstić information content (AvgIpc) is 2.30. The van der Waals surface area contributed by atoms with Gasteiger partial charge in [-0.25, -0.2) is 4.39 Å². The van der Waals surface area contributed by atoms with Gasteiger partial charge >= 0.3 is 0 Å². The normalized spacial score (nSPS) is 18.1. The molecule has 1 aliphatic rings. The molecule has 1 saturated heterocycles. The molecule has 0 bridgehead atoms. The maximum atomic E-state index is 12.8. The summed E-state index contributed by atoms with van der Waals surface area (Å²) in [4.78, 5) is 4.79. The average molecular weight is 222 g/mol. The number of hydrogen-bond acceptors (Lipinski definition) is 2. The summed E-state index contributed by atoms with van der Waals surface area (Å²) in [5, 5.41) is 0. The largest absolute Gasteiger partial charge is 0.369 e. The van der Waals surface area contributed by atoms with Crippen LogP contribution in [0.2, 0.25) is 0 Å². The third kappa shape index (κ3) is 2.53. The minimum Gasteiger partial charge on any atom is -0.369 e. The van der Waals surface area contributed by atoms with E-state index in [1.54, 1.807) is 0 Å². The molecule has 3 heteroatoms. The fourth-order valence-electron chi connectivity index (χ4n) is 2.15. The van der Waals surface area contributed by atoms with E-state index in [1.165, 1.54) is 12.1 Å². The zero-order valence-corrected chi connectivity index (χ0v) is 9.99. The summed E-state index contributed by atoms with van der Waals surface area (Å²) in [7, 11) is 0. The maximum Gasteiger partial charge on any atom is 0.123 e. The van der Waals surface area contributed by atoms with Gasteiger partial charge in [-0.15, -0.1) is 0 Å². The van der Waals surface area contributed by atoms with Crippen molar-refractivity contribution in [3.8, 4) is 0 Å². The van der Waals surface area contributed by atoms with E-state index in [0.29, 0.717) is 6.04 Å². The van der Waals surface area contributed by atoms with Crippen LogP contribution < -0.4 is 4.90 Å². The number of benzene rings is 1. The predicted octanol–water partition coefficient (Wildman–Crippen LogP) is 2.36. The lowest BCUT2D eigenvalue weighted by Crippen LogP contribution is -2.48. The number of hydrogen-bond donors (Lipinski definition) is 0. The molecule has 1 aromatic carbocycles. The van der Waals surface area contributed by atoms with E-state index < -0.39 is 0 Å².